The largest absolute Gasteiger partial charge is 0.331 e. The van der Waals surface area contributed by atoms with Crippen LogP contribution in [0.25, 0.3) is 11.0 Å². The first-order valence-corrected chi connectivity index (χ1v) is 8.35. The zero-order chi connectivity index (χ0) is 17.8. The van der Waals surface area contributed by atoms with Crippen molar-refractivity contribution in [2.75, 3.05) is 18.9 Å². The standard InChI is InChI=1S/C18H15BrN4O2/c1-23(11-17(24)22-13-7-3-2-6-12(13)19)18(25)16-10-20-14-8-4-5-9-15(14)21-16/h2-10H,11H2,1H3,(H,22,24). The molecule has 3 aromatic rings. The molecule has 0 atom stereocenters. The van der Waals surface area contributed by atoms with Crippen molar-refractivity contribution in [1.82, 2.24) is 14.9 Å². The first-order chi connectivity index (χ1) is 12.0. The lowest BCUT2D eigenvalue weighted by atomic mass is 10.3. The number of halogens is 1. The second-order valence-electron chi connectivity index (χ2n) is 5.43. The summed E-state index contributed by atoms with van der Waals surface area (Å²) in [6.07, 6.45) is 1.42. The number of amides is 2. The Kier molecular flexibility index (Phi) is 5.04. The summed E-state index contributed by atoms with van der Waals surface area (Å²) in [5.74, 6) is -0.656. The van der Waals surface area contributed by atoms with E-state index in [0.717, 1.165) is 4.47 Å². The highest BCUT2D eigenvalue weighted by Gasteiger charge is 2.17. The highest BCUT2D eigenvalue weighted by atomic mass is 79.9. The van der Waals surface area contributed by atoms with Gasteiger partial charge in [-0.1, -0.05) is 24.3 Å². The van der Waals surface area contributed by atoms with Crippen LogP contribution in [0.5, 0.6) is 0 Å². The second kappa shape index (κ2) is 7.40. The molecule has 0 saturated carbocycles. The molecule has 0 fully saturated rings. The Hall–Kier alpha value is -2.80. The van der Waals surface area contributed by atoms with E-state index < -0.39 is 0 Å². The average molecular weight is 399 g/mol. The molecule has 1 heterocycles. The normalized spacial score (nSPS) is 10.5. The van der Waals surface area contributed by atoms with Crippen LogP contribution >= 0.6 is 15.9 Å². The van der Waals surface area contributed by atoms with E-state index >= 15 is 0 Å². The molecule has 0 spiro atoms. The molecule has 2 aromatic carbocycles. The molecular formula is C18H15BrN4O2. The first kappa shape index (κ1) is 17.0. The third kappa shape index (κ3) is 4.00. The number of carbonyl (C=O) groups is 2. The van der Waals surface area contributed by atoms with Crippen molar-refractivity contribution in [3.05, 3.63) is 64.9 Å². The monoisotopic (exact) mass is 398 g/mol. The molecule has 0 bridgehead atoms. The Morgan fingerprint density at radius 1 is 1.08 bits per heavy atom. The highest BCUT2D eigenvalue weighted by Crippen LogP contribution is 2.21. The molecule has 3 rings (SSSR count). The fourth-order valence-corrected chi connectivity index (χ4v) is 2.68. The Labute approximate surface area is 153 Å². The van der Waals surface area contributed by atoms with Crippen molar-refractivity contribution in [1.29, 1.82) is 0 Å². The van der Waals surface area contributed by atoms with Crippen LogP contribution in [0.2, 0.25) is 0 Å². The molecular weight excluding hydrogens is 384 g/mol. The predicted octanol–water partition coefficient (Wildman–Crippen LogP) is 3.10. The molecule has 6 nitrogen and oxygen atoms in total. The fraction of sp³-hybridized carbons (Fsp3) is 0.111. The van der Waals surface area contributed by atoms with Gasteiger partial charge in [-0.3, -0.25) is 14.6 Å². The Morgan fingerprint density at radius 2 is 1.76 bits per heavy atom. The molecule has 0 aliphatic rings. The van der Waals surface area contributed by atoms with Crippen molar-refractivity contribution in [2.24, 2.45) is 0 Å². The van der Waals surface area contributed by atoms with Crippen LogP contribution in [-0.4, -0.2) is 40.3 Å². The van der Waals surface area contributed by atoms with Gasteiger partial charge < -0.3 is 10.2 Å². The van der Waals surface area contributed by atoms with E-state index in [0.29, 0.717) is 16.7 Å². The topological polar surface area (TPSA) is 75.2 Å². The van der Waals surface area contributed by atoms with Gasteiger partial charge in [0.1, 0.15) is 5.69 Å². The molecule has 0 saturated heterocycles. The average Bonchev–Trinajstić information content (AvgIpc) is 2.62. The zero-order valence-corrected chi connectivity index (χ0v) is 15.0. The van der Waals surface area contributed by atoms with E-state index in [-0.39, 0.29) is 24.1 Å². The maximum atomic E-state index is 12.5. The van der Waals surface area contributed by atoms with Crippen LogP contribution in [0.15, 0.2) is 59.2 Å². The number of fused-ring (bicyclic) bond motifs is 1. The second-order valence-corrected chi connectivity index (χ2v) is 6.29. The van der Waals surface area contributed by atoms with Crippen molar-refractivity contribution in [3.63, 3.8) is 0 Å². The maximum Gasteiger partial charge on any atom is 0.274 e. The minimum Gasteiger partial charge on any atom is -0.331 e. The number of anilines is 1. The smallest absolute Gasteiger partial charge is 0.274 e. The maximum absolute atomic E-state index is 12.5. The number of aromatic nitrogens is 2. The van der Waals surface area contributed by atoms with E-state index in [4.69, 9.17) is 0 Å². The van der Waals surface area contributed by atoms with Crippen LogP contribution in [-0.2, 0) is 4.79 Å². The van der Waals surface area contributed by atoms with Crippen molar-refractivity contribution in [3.8, 4) is 0 Å². The summed E-state index contributed by atoms with van der Waals surface area (Å²) in [5.41, 5.74) is 2.21. The van der Waals surface area contributed by atoms with E-state index in [1.54, 1.807) is 19.2 Å². The molecule has 7 heteroatoms. The van der Waals surface area contributed by atoms with Crippen LogP contribution in [0.4, 0.5) is 5.69 Å². The predicted molar refractivity (Wildman–Crippen MR) is 99.3 cm³/mol. The lowest BCUT2D eigenvalue weighted by molar-refractivity contribution is -0.116. The summed E-state index contributed by atoms with van der Waals surface area (Å²) >= 11 is 3.37. The third-order valence-corrected chi connectivity index (χ3v) is 4.23. The summed E-state index contributed by atoms with van der Waals surface area (Å²) in [4.78, 5) is 34.5. The number of benzene rings is 2. The molecule has 2 amide bonds. The molecule has 0 aliphatic carbocycles. The van der Waals surface area contributed by atoms with Gasteiger partial charge in [0, 0.05) is 11.5 Å². The zero-order valence-electron chi connectivity index (χ0n) is 13.4. The summed E-state index contributed by atoms with van der Waals surface area (Å²) in [6.45, 7) is -0.0886. The van der Waals surface area contributed by atoms with Crippen LogP contribution in [0.3, 0.4) is 0 Å². The van der Waals surface area contributed by atoms with Gasteiger partial charge in [0.2, 0.25) is 5.91 Å². The Morgan fingerprint density at radius 3 is 2.52 bits per heavy atom. The quantitative estimate of drug-likeness (QED) is 0.732. The number of likely N-dealkylation sites (N-methyl/N-ethyl adjacent to an activating group) is 1. The van der Waals surface area contributed by atoms with Crippen molar-refractivity contribution < 1.29 is 9.59 Å². The Balaban J connectivity index is 1.69. The lowest BCUT2D eigenvalue weighted by Gasteiger charge is -2.16. The summed E-state index contributed by atoms with van der Waals surface area (Å²) in [7, 11) is 1.55. The first-order valence-electron chi connectivity index (χ1n) is 7.56. The highest BCUT2D eigenvalue weighted by molar-refractivity contribution is 9.10. The lowest BCUT2D eigenvalue weighted by Crippen LogP contribution is -2.35. The summed E-state index contributed by atoms with van der Waals surface area (Å²) in [5, 5.41) is 2.76. The SMILES string of the molecule is CN(CC(=O)Nc1ccccc1Br)C(=O)c1cnc2ccccc2n1. The number of hydrogen-bond donors (Lipinski definition) is 1. The number of nitrogens with zero attached hydrogens (tertiary/aromatic N) is 3. The van der Waals surface area contributed by atoms with Crippen molar-refractivity contribution >= 4 is 44.5 Å². The van der Waals surface area contributed by atoms with Crippen LogP contribution in [0, 0.1) is 0 Å². The van der Waals surface area contributed by atoms with Crippen molar-refractivity contribution in [2.45, 2.75) is 0 Å². The molecule has 0 unspecified atom stereocenters. The van der Waals surface area contributed by atoms with Gasteiger partial charge in [-0.25, -0.2) is 4.98 Å². The van der Waals surface area contributed by atoms with Gasteiger partial charge in [-0.15, -0.1) is 0 Å². The molecule has 1 N–H and O–H groups in total. The van der Waals surface area contributed by atoms with Crippen LogP contribution < -0.4 is 5.32 Å². The molecule has 126 valence electrons. The summed E-state index contributed by atoms with van der Waals surface area (Å²) in [6, 6.07) is 14.6. The number of rotatable bonds is 4. The third-order valence-electron chi connectivity index (χ3n) is 3.54. The van der Waals surface area contributed by atoms with Gasteiger partial charge >= 0.3 is 0 Å². The van der Waals surface area contributed by atoms with Gasteiger partial charge in [-0.05, 0) is 40.2 Å². The number of nitrogens with one attached hydrogen (secondary N) is 1. The number of carbonyl (C=O) groups excluding carboxylic acids is 2. The minimum absolute atomic E-state index is 0.0886. The molecule has 1 aromatic heterocycles. The summed E-state index contributed by atoms with van der Waals surface area (Å²) < 4.78 is 0.776. The van der Waals surface area contributed by atoms with Gasteiger partial charge in [0.05, 0.1) is 29.5 Å². The van der Waals surface area contributed by atoms with Gasteiger partial charge in [0.25, 0.3) is 5.91 Å². The molecule has 0 radical (unpaired) electrons. The van der Waals surface area contributed by atoms with Gasteiger partial charge in [-0.2, -0.15) is 0 Å². The molecule has 25 heavy (non-hydrogen) atoms. The van der Waals surface area contributed by atoms with E-state index in [9.17, 15) is 9.59 Å². The van der Waals surface area contributed by atoms with Crippen LogP contribution in [0.1, 0.15) is 10.5 Å². The van der Waals surface area contributed by atoms with E-state index in [1.165, 1.54) is 11.1 Å². The minimum atomic E-state index is -0.361. The molecule has 0 aliphatic heterocycles. The van der Waals surface area contributed by atoms with E-state index in [1.807, 2.05) is 36.4 Å². The number of hydrogen-bond acceptors (Lipinski definition) is 4. The van der Waals surface area contributed by atoms with E-state index in [2.05, 4.69) is 31.2 Å². The Bertz CT molecular complexity index is 945. The number of para-hydroxylation sites is 3. The fourth-order valence-electron chi connectivity index (χ4n) is 2.30. The van der Waals surface area contributed by atoms with Gasteiger partial charge in [0.15, 0.2) is 0 Å².